The minimum Gasteiger partial charge on any atom is -0.481 e. The van der Waals surface area contributed by atoms with E-state index in [0.717, 1.165) is 0 Å². The van der Waals surface area contributed by atoms with E-state index < -0.39 is 0 Å². The van der Waals surface area contributed by atoms with Crippen LogP contribution in [-0.4, -0.2) is 28.0 Å². The topological polar surface area (TPSA) is 77.0 Å². The maximum Gasteiger partial charge on any atom is 0.269 e. The Balaban J connectivity index is 2.18. The second-order valence-corrected chi connectivity index (χ2v) is 4.15. The fourth-order valence-corrected chi connectivity index (χ4v) is 1.74. The van der Waals surface area contributed by atoms with Gasteiger partial charge in [-0.05, 0) is 0 Å². The zero-order chi connectivity index (χ0) is 12.3. The molecule has 2 heterocycles. The fraction of sp³-hybridized carbons (Fsp3) is 0.111. The van der Waals surface area contributed by atoms with Crippen LogP contribution >= 0.6 is 22.9 Å². The standard InChI is InChI=1S/C9H7ClN4O2S/c1-16-7-2-6(10)12-9(13-7)14-8(15)5-3-11-4-17-5/h2-4H,1H3,(H,12,13,14,15). The van der Waals surface area contributed by atoms with Gasteiger partial charge in [-0.15, -0.1) is 11.3 Å². The highest BCUT2D eigenvalue weighted by molar-refractivity contribution is 7.11. The number of hydrogen-bond donors (Lipinski definition) is 1. The van der Waals surface area contributed by atoms with Crippen LogP contribution in [0.1, 0.15) is 9.67 Å². The molecule has 0 aliphatic rings. The van der Waals surface area contributed by atoms with Crippen LogP contribution in [0.4, 0.5) is 5.95 Å². The molecule has 2 aromatic heterocycles. The summed E-state index contributed by atoms with van der Waals surface area (Å²) in [6.45, 7) is 0. The molecule has 0 spiro atoms. The number of carbonyl (C=O) groups is 1. The van der Waals surface area contributed by atoms with Crippen LogP contribution in [0.15, 0.2) is 17.8 Å². The Morgan fingerprint density at radius 2 is 2.35 bits per heavy atom. The number of nitrogens with one attached hydrogen (secondary N) is 1. The molecule has 0 aliphatic carbocycles. The molecule has 8 heteroatoms. The van der Waals surface area contributed by atoms with Crippen molar-refractivity contribution in [3.05, 3.63) is 27.8 Å². The zero-order valence-corrected chi connectivity index (χ0v) is 10.2. The van der Waals surface area contributed by atoms with Gasteiger partial charge in [0.1, 0.15) is 10.0 Å². The molecule has 0 radical (unpaired) electrons. The first-order chi connectivity index (χ1) is 8.19. The number of methoxy groups -OCH3 is 1. The predicted octanol–water partition coefficient (Wildman–Crippen LogP) is 1.85. The van der Waals surface area contributed by atoms with Crippen molar-refractivity contribution in [1.29, 1.82) is 0 Å². The van der Waals surface area contributed by atoms with Gasteiger partial charge in [0.15, 0.2) is 0 Å². The average molecular weight is 271 g/mol. The summed E-state index contributed by atoms with van der Waals surface area (Å²) in [5.41, 5.74) is 1.56. The van der Waals surface area contributed by atoms with Gasteiger partial charge in [0.2, 0.25) is 11.8 Å². The third-order valence-electron chi connectivity index (χ3n) is 1.76. The minimum atomic E-state index is -0.336. The van der Waals surface area contributed by atoms with Crippen LogP contribution in [0.5, 0.6) is 5.88 Å². The van der Waals surface area contributed by atoms with Crippen molar-refractivity contribution >= 4 is 34.8 Å². The Labute approximate surface area is 106 Å². The molecule has 0 aromatic carbocycles. The number of carbonyl (C=O) groups excluding carboxylic acids is 1. The lowest BCUT2D eigenvalue weighted by Gasteiger charge is -2.04. The highest BCUT2D eigenvalue weighted by Gasteiger charge is 2.11. The van der Waals surface area contributed by atoms with Crippen molar-refractivity contribution in [2.24, 2.45) is 0 Å². The fourth-order valence-electron chi connectivity index (χ4n) is 1.05. The Kier molecular flexibility index (Phi) is 3.50. The summed E-state index contributed by atoms with van der Waals surface area (Å²) < 4.78 is 4.91. The lowest BCUT2D eigenvalue weighted by Crippen LogP contribution is -2.13. The molecule has 88 valence electrons. The van der Waals surface area contributed by atoms with Crippen LogP contribution in [0, 0.1) is 0 Å². The molecule has 2 aromatic rings. The Morgan fingerprint density at radius 1 is 1.53 bits per heavy atom. The van der Waals surface area contributed by atoms with Gasteiger partial charge in [0, 0.05) is 6.07 Å². The number of amides is 1. The number of thiazole rings is 1. The molecule has 0 unspecified atom stereocenters. The highest BCUT2D eigenvalue weighted by Crippen LogP contribution is 2.16. The van der Waals surface area contributed by atoms with Gasteiger partial charge in [-0.3, -0.25) is 15.1 Å². The summed E-state index contributed by atoms with van der Waals surface area (Å²) in [7, 11) is 1.45. The summed E-state index contributed by atoms with van der Waals surface area (Å²) in [6.07, 6.45) is 1.46. The third-order valence-corrected chi connectivity index (χ3v) is 2.73. The van der Waals surface area contributed by atoms with E-state index in [2.05, 4.69) is 20.3 Å². The number of anilines is 1. The normalized spacial score (nSPS) is 10.0. The molecule has 0 fully saturated rings. The second-order valence-electron chi connectivity index (χ2n) is 2.88. The molecule has 1 amide bonds. The van der Waals surface area contributed by atoms with Crippen LogP contribution in [-0.2, 0) is 0 Å². The first-order valence-electron chi connectivity index (χ1n) is 4.47. The summed E-state index contributed by atoms with van der Waals surface area (Å²) in [6, 6.07) is 1.45. The number of ether oxygens (including phenoxy) is 1. The maximum absolute atomic E-state index is 11.7. The Hall–Kier alpha value is -1.73. The van der Waals surface area contributed by atoms with Gasteiger partial charge >= 0.3 is 0 Å². The lowest BCUT2D eigenvalue weighted by molar-refractivity contribution is 0.102. The molecule has 0 saturated heterocycles. The monoisotopic (exact) mass is 270 g/mol. The van der Waals surface area contributed by atoms with E-state index in [9.17, 15) is 4.79 Å². The van der Waals surface area contributed by atoms with E-state index in [1.54, 1.807) is 5.51 Å². The average Bonchev–Trinajstić information content (AvgIpc) is 2.81. The number of halogens is 1. The van der Waals surface area contributed by atoms with Crippen LogP contribution in [0.2, 0.25) is 5.15 Å². The Bertz CT molecular complexity index is 532. The number of aromatic nitrogens is 3. The van der Waals surface area contributed by atoms with Crippen molar-refractivity contribution < 1.29 is 9.53 Å². The van der Waals surface area contributed by atoms with Crippen molar-refractivity contribution in [3.8, 4) is 5.88 Å². The quantitative estimate of drug-likeness (QED) is 0.861. The summed E-state index contributed by atoms with van der Waals surface area (Å²) >= 11 is 6.97. The van der Waals surface area contributed by atoms with Crippen LogP contribution in [0.3, 0.4) is 0 Å². The van der Waals surface area contributed by atoms with E-state index >= 15 is 0 Å². The number of nitrogens with zero attached hydrogens (tertiary/aromatic N) is 3. The first kappa shape index (κ1) is 11.7. The minimum absolute atomic E-state index is 0.0905. The van der Waals surface area contributed by atoms with Crippen molar-refractivity contribution in [3.63, 3.8) is 0 Å². The molecule has 0 saturated carbocycles. The molecule has 17 heavy (non-hydrogen) atoms. The van der Waals surface area contributed by atoms with Crippen LogP contribution in [0.25, 0.3) is 0 Å². The smallest absolute Gasteiger partial charge is 0.269 e. The summed E-state index contributed by atoms with van der Waals surface area (Å²) in [5, 5.41) is 2.70. The van der Waals surface area contributed by atoms with Gasteiger partial charge in [-0.25, -0.2) is 4.98 Å². The lowest BCUT2D eigenvalue weighted by atomic mass is 10.5. The molecule has 0 aliphatic heterocycles. The Morgan fingerprint density at radius 3 is 3.00 bits per heavy atom. The molecule has 6 nitrogen and oxygen atoms in total. The SMILES string of the molecule is COc1cc(Cl)nc(NC(=O)c2cncs2)n1. The van der Waals surface area contributed by atoms with Crippen molar-refractivity contribution in [2.75, 3.05) is 12.4 Å². The molecular formula is C9H7ClN4O2S. The second kappa shape index (κ2) is 5.07. The largest absolute Gasteiger partial charge is 0.481 e. The van der Waals surface area contributed by atoms with Gasteiger partial charge in [0.05, 0.1) is 18.8 Å². The molecular weight excluding hydrogens is 264 g/mol. The number of hydrogen-bond acceptors (Lipinski definition) is 6. The highest BCUT2D eigenvalue weighted by atomic mass is 35.5. The molecule has 0 bridgehead atoms. The first-order valence-corrected chi connectivity index (χ1v) is 5.73. The summed E-state index contributed by atoms with van der Waals surface area (Å²) in [5.74, 6) is 0.0363. The predicted molar refractivity (Wildman–Crippen MR) is 63.7 cm³/mol. The summed E-state index contributed by atoms with van der Waals surface area (Å²) in [4.78, 5) is 23.7. The van der Waals surface area contributed by atoms with Gasteiger partial charge in [-0.2, -0.15) is 4.98 Å². The van der Waals surface area contributed by atoms with E-state index in [0.29, 0.717) is 4.88 Å². The third kappa shape index (κ3) is 2.89. The molecule has 0 atom stereocenters. The van der Waals surface area contributed by atoms with E-state index in [1.165, 1.54) is 30.7 Å². The van der Waals surface area contributed by atoms with Crippen LogP contribution < -0.4 is 10.1 Å². The zero-order valence-electron chi connectivity index (χ0n) is 8.68. The van der Waals surface area contributed by atoms with Crippen molar-refractivity contribution in [2.45, 2.75) is 0 Å². The van der Waals surface area contributed by atoms with Gasteiger partial charge in [-0.1, -0.05) is 11.6 Å². The van der Waals surface area contributed by atoms with E-state index in [4.69, 9.17) is 16.3 Å². The van der Waals surface area contributed by atoms with E-state index in [-0.39, 0.29) is 22.9 Å². The molecule has 2 rings (SSSR count). The van der Waals surface area contributed by atoms with Gasteiger partial charge < -0.3 is 4.74 Å². The van der Waals surface area contributed by atoms with Gasteiger partial charge in [0.25, 0.3) is 5.91 Å². The van der Waals surface area contributed by atoms with E-state index in [1.807, 2.05) is 0 Å². The number of rotatable bonds is 3. The maximum atomic E-state index is 11.7. The van der Waals surface area contributed by atoms with Crippen molar-refractivity contribution in [1.82, 2.24) is 15.0 Å². The molecule has 1 N–H and O–H groups in total.